The van der Waals surface area contributed by atoms with Crippen molar-refractivity contribution in [2.45, 2.75) is 12.0 Å². The van der Waals surface area contributed by atoms with Gasteiger partial charge in [0.25, 0.3) is 0 Å². The fraction of sp³-hybridized carbons (Fsp3) is 0.0392. The Bertz CT molecular complexity index is 3270. The van der Waals surface area contributed by atoms with Crippen molar-refractivity contribution in [3.8, 4) is 45.3 Å². The number of fused-ring (bicyclic) bond motifs is 9. The quantitative estimate of drug-likeness (QED) is 0.175. The van der Waals surface area contributed by atoms with Crippen molar-refractivity contribution in [1.82, 2.24) is 15.0 Å². The molecule has 2 aliphatic rings. The molecule has 0 saturated carbocycles. The lowest BCUT2D eigenvalue weighted by Crippen LogP contribution is -2.28. The summed E-state index contributed by atoms with van der Waals surface area (Å²) in [5.41, 5.74) is 11.9. The van der Waals surface area contributed by atoms with Crippen LogP contribution in [0.2, 0.25) is 0 Å². The van der Waals surface area contributed by atoms with Gasteiger partial charge in [0, 0.05) is 49.8 Å². The fourth-order valence-corrected chi connectivity index (χ4v) is 8.79. The second-order valence-electron chi connectivity index (χ2n) is 14.7. The van der Waals surface area contributed by atoms with Gasteiger partial charge >= 0.3 is 0 Å². The summed E-state index contributed by atoms with van der Waals surface area (Å²) in [6.45, 7) is 0. The maximum absolute atomic E-state index is 6.52. The van der Waals surface area contributed by atoms with Crippen LogP contribution in [0.5, 0.6) is 0 Å². The lowest BCUT2D eigenvalue weighted by molar-refractivity contribution is 0.668. The molecule has 0 amide bonds. The Labute approximate surface area is 327 Å². The molecule has 0 bridgehead atoms. The van der Waals surface area contributed by atoms with E-state index in [1.165, 1.54) is 5.56 Å². The molecular weight excluding hydrogens is 701 g/mol. The van der Waals surface area contributed by atoms with Crippen molar-refractivity contribution >= 4 is 55.3 Å². The third kappa shape index (κ3) is 5.07. The van der Waals surface area contributed by atoms with E-state index in [2.05, 4.69) is 144 Å². The average molecular weight is 733 g/mol. The van der Waals surface area contributed by atoms with E-state index in [4.69, 9.17) is 23.8 Å². The first-order valence-corrected chi connectivity index (χ1v) is 19.3. The SMILES string of the molecule is C1=CC2c3cccc(-c4nc(-c5ccccc5)nc(-c5ccc6c(c5)oc5ccc(-c7ccc8oc9ccccc9c8c7)cc56)n4)c3N(c3ccccc3)C2C=C1. The summed E-state index contributed by atoms with van der Waals surface area (Å²) in [5.74, 6) is 2.04. The monoisotopic (exact) mass is 732 g/mol. The van der Waals surface area contributed by atoms with Crippen molar-refractivity contribution in [2.75, 3.05) is 4.90 Å². The maximum atomic E-state index is 6.52. The maximum Gasteiger partial charge on any atom is 0.166 e. The van der Waals surface area contributed by atoms with Gasteiger partial charge in [-0.05, 0) is 77.4 Å². The van der Waals surface area contributed by atoms with Crippen LogP contribution in [0, 0.1) is 0 Å². The Hall–Kier alpha value is -7.57. The smallest absolute Gasteiger partial charge is 0.166 e. The van der Waals surface area contributed by atoms with E-state index in [1.54, 1.807) is 0 Å². The van der Waals surface area contributed by atoms with Gasteiger partial charge in [-0.1, -0.05) is 121 Å². The summed E-state index contributed by atoms with van der Waals surface area (Å²) < 4.78 is 12.6. The van der Waals surface area contributed by atoms with Crippen molar-refractivity contribution in [1.29, 1.82) is 0 Å². The van der Waals surface area contributed by atoms with E-state index < -0.39 is 0 Å². The minimum atomic E-state index is 0.146. The molecule has 57 heavy (non-hydrogen) atoms. The zero-order valence-electron chi connectivity index (χ0n) is 30.6. The molecule has 3 aromatic heterocycles. The molecule has 0 saturated heterocycles. The molecule has 0 fully saturated rings. The van der Waals surface area contributed by atoms with Crippen LogP contribution in [0.3, 0.4) is 0 Å². The van der Waals surface area contributed by atoms with E-state index in [0.717, 1.165) is 83.1 Å². The molecule has 7 aromatic carbocycles. The number of allylic oxidation sites excluding steroid dienone is 2. The van der Waals surface area contributed by atoms with Crippen LogP contribution in [0.1, 0.15) is 11.5 Å². The Morgan fingerprint density at radius 1 is 0.421 bits per heavy atom. The normalized spacial score (nSPS) is 15.9. The molecule has 4 heterocycles. The van der Waals surface area contributed by atoms with E-state index in [1.807, 2.05) is 42.5 Å². The number of furan rings is 2. The number of nitrogens with zero attached hydrogens (tertiary/aromatic N) is 4. The third-order valence-corrected chi connectivity index (χ3v) is 11.5. The Morgan fingerprint density at radius 3 is 1.82 bits per heavy atom. The second kappa shape index (κ2) is 12.5. The predicted octanol–water partition coefficient (Wildman–Crippen LogP) is 13.1. The first kappa shape index (κ1) is 31.7. The number of benzene rings is 7. The van der Waals surface area contributed by atoms with Gasteiger partial charge < -0.3 is 13.7 Å². The van der Waals surface area contributed by atoms with Crippen LogP contribution >= 0.6 is 0 Å². The highest BCUT2D eigenvalue weighted by Crippen LogP contribution is 2.51. The number of hydrogen-bond acceptors (Lipinski definition) is 6. The predicted molar refractivity (Wildman–Crippen MR) is 230 cm³/mol. The van der Waals surface area contributed by atoms with Gasteiger partial charge in [0.05, 0.1) is 11.7 Å². The minimum Gasteiger partial charge on any atom is -0.456 e. The summed E-state index contributed by atoms with van der Waals surface area (Å²) in [4.78, 5) is 17.9. The highest BCUT2D eigenvalue weighted by Gasteiger charge is 2.39. The zero-order valence-corrected chi connectivity index (χ0v) is 30.6. The molecule has 6 nitrogen and oxygen atoms in total. The Balaban J connectivity index is 0.992. The number of rotatable bonds is 5. The van der Waals surface area contributed by atoms with Crippen molar-refractivity contribution in [2.24, 2.45) is 0 Å². The van der Waals surface area contributed by atoms with Crippen LogP contribution < -0.4 is 4.90 Å². The minimum absolute atomic E-state index is 0.146. The highest BCUT2D eigenvalue weighted by molar-refractivity contribution is 6.09. The molecule has 2 unspecified atom stereocenters. The number of aromatic nitrogens is 3. The van der Waals surface area contributed by atoms with Gasteiger partial charge in [0.2, 0.25) is 0 Å². The summed E-state index contributed by atoms with van der Waals surface area (Å²) in [6.07, 6.45) is 8.89. The van der Waals surface area contributed by atoms with Gasteiger partial charge in [-0.15, -0.1) is 0 Å². The molecular formula is C51H32N4O2. The molecule has 0 N–H and O–H groups in total. The Kier molecular flexibility index (Phi) is 6.95. The fourth-order valence-electron chi connectivity index (χ4n) is 8.79. The van der Waals surface area contributed by atoms with Crippen LogP contribution in [-0.2, 0) is 0 Å². The molecule has 0 radical (unpaired) electrons. The molecule has 10 aromatic rings. The summed E-state index contributed by atoms with van der Waals surface area (Å²) in [6, 6.07) is 54.7. The van der Waals surface area contributed by atoms with Crippen LogP contribution in [0.4, 0.5) is 11.4 Å². The lowest BCUT2D eigenvalue weighted by Gasteiger charge is -2.29. The molecule has 1 aliphatic heterocycles. The van der Waals surface area contributed by atoms with Crippen LogP contribution in [0.15, 0.2) is 191 Å². The summed E-state index contributed by atoms with van der Waals surface area (Å²) in [7, 11) is 0. The summed E-state index contributed by atoms with van der Waals surface area (Å²) in [5, 5.41) is 4.31. The standard InChI is InChI=1S/C51H32N4O2/c1-3-12-31(13-4-1)49-52-50(54-51(53-49)40-19-11-18-39-36-16-7-9-20-43(36)55(48(39)40)35-14-5-2-6-15-35)34-22-25-38-42-29-33(24-27-46(42)57-47(38)30-34)32-23-26-45-41(28-32)37-17-8-10-21-44(37)56-45/h1-30,36,43H. The number of hydrogen-bond donors (Lipinski definition) is 0. The topological polar surface area (TPSA) is 68.2 Å². The second-order valence-corrected chi connectivity index (χ2v) is 14.7. The van der Waals surface area contributed by atoms with Crippen LogP contribution in [-0.4, -0.2) is 21.0 Å². The van der Waals surface area contributed by atoms with Crippen molar-refractivity contribution in [3.63, 3.8) is 0 Å². The van der Waals surface area contributed by atoms with Crippen molar-refractivity contribution < 1.29 is 8.83 Å². The van der Waals surface area contributed by atoms with E-state index in [-0.39, 0.29) is 12.0 Å². The number of para-hydroxylation sites is 3. The molecule has 12 rings (SSSR count). The average Bonchev–Trinajstić information content (AvgIpc) is 3.95. The molecule has 0 spiro atoms. The van der Waals surface area contributed by atoms with E-state index in [9.17, 15) is 0 Å². The largest absolute Gasteiger partial charge is 0.456 e. The van der Waals surface area contributed by atoms with E-state index >= 15 is 0 Å². The zero-order chi connectivity index (χ0) is 37.5. The van der Waals surface area contributed by atoms with E-state index in [0.29, 0.717) is 17.5 Å². The van der Waals surface area contributed by atoms with Gasteiger partial charge in [-0.25, -0.2) is 15.0 Å². The first-order valence-electron chi connectivity index (χ1n) is 19.3. The third-order valence-electron chi connectivity index (χ3n) is 11.5. The van der Waals surface area contributed by atoms with Crippen LogP contribution in [0.25, 0.3) is 89.2 Å². The lowest BCUT2D eigenvalue weighted by atomic mass is 9.91. The molecule has 268 valence electrons. The highest BCUT2D eigenvalue weighted by atomic mass is 16.3. The van der Waals surface area contributed by atoms with Gasteiger partial charge in [0.1, 0.15) is 22.3 Å². The molecule has 6 heteroatoms. The number of anilines is 2. The van der Waals surface area contributed by atoms with Gasteiger partial charge in [0.15, 0.2) is 17.5 Å². The van der Waals surface area contributed by atoms with Crippen molar-refractivity contribution in [3.05, 3.63) is 188 Å². The van der Waals surface area contributed by atoms with Gasteiger partial charge in [-0.3, -0.25) is 0 Å². The van der Waals surface area contributed by atoms with Gasteiger partial charge in [-0.2, -0.15) is 0 Å². The first-order chi connectivity index (χ1) is 28.2. The molecule has 1 aliphatic carbocycles. The molecule has 2 atom stereocenters. The Morgan fingerprint density at radius 2 is 1.04 bits per heavy atom. The summed E-state index contributed by atoms with van der Waals surface area (Å²) >= 11 is 0.